The fourth-order valence-electron chi connectivity index (χ4n) is 3.23. The number of anilines is 1. The van der Waals surface area contributed by atoms with Gasteiger partial charge in [-0.25, -0.2) is 4.98 Å². The number of hydrogen-bond acceptors (Lipinski definition) is 4. The van der Waals surface area contributed by atoms with Gasteiger partial charge in [0.2, 0.25) is 5.78 Å². The molecule has 2 heterocycles. The number of aryl methyl sites for hydroxylation is 2. The Morgan fingerprint density at radius 2 is 1.87 bits per heavy atom. The molecule has 0 bridgehead atoms. The number of fused-ring (bicyclic) bond motifs is 2. The first kappa shape index (κ1) is 14.4. The van der Waals surface area contributed by atoms with E-state index in [2.05, 4.69) is 6.07 Å². The summed E-state index contributed by atoms with van der Waals surface area (Å²) in [7, 11) is 0. The van der Waals surface area contributed by atoms with Crippen LogP contribution < -0.4 is 5.73 Å². The summed E-state index contributed by atoms with van der Waals surface area (Å²) in [6.07, 6.45) is 5.76. The highest BCUT2D eigenvalue weighted by Gasteiger charge is 2.20. The summed E-state index contributed by atoms with van der Waals surface area (Å²) >= 11 is 1.42. The van der Waals surface area contributed by atoms with Crippen molar-refractivity contribution in [1.29, 1.82) is 0 Å². The summed E-state index contributed by atoms with van der Waals surface area (Å²) in [5.74, 6) is -0.0127. The number of nitrogen functional groups attached to an aromatic ring is 1. The molecule has 4 heteroatoms. The number of nitrogens with zero attached hydrogens (tertiary/aromatic N) is 1. The normalized spacial score (nSPS) is 14.4. The summed E-state index contributed by atoms with van der Waals surface area (Å²) in [6.45, 7) is 0. The molecule has 3 nitrogen and oxygen atoms in total. The number of carbonyl (C=O) groups is 1. The Hall–Kier alpha value is -2.20. The summed E-state index contributed by atoms with van der Waals surface area (Å²) in [6, 6.07) is 11.5. The molecule has 4 rings (SSSR count). The largest absolute Gasteiger partial charge is 0.397 e. The number of carbonyl (C=O) groups excluding carboxylic acids is 1. The summed E-state index contributed by atoms with van der Waals surface area (Å²) in [5, 5.41) is 0.940. The first-order valence-electron chi connectivity index (χ1n) is 8.04. The van der Waals surface area contributed by atoms with Gasteiger partial charge in [0.25, 0.3) is 0 Å². The lowest BCUT2D eigenvalue weighted by Crippen LogP contribution is -2.01. The van der Waals surface area contributed by atoms with E-state index < -0.39 is 0 Å². The Labute approximate surface area is 139 Å². The fraction of sp³-hybridized carbons (Fsp3) is 0.263. The maximum atomic E-state index is 12.7. The van der Waals surface area contributed by atoms with Gasteiger partial charge in [-0.3, -0.25) is 4.79 Å². The van der Waals surface area contributed by atoms with Gasteiger partial charge in [0.15, 0.2) is 0 Å². The van der Waals surface area contributed by atoms with Crippen molar-refractivity contribution in [1.82, 2.24) is 4.98 Å². The van der Waals surface area contributed by atoms with Crippen LogP contribution in [0.4, 0.5) is 5.69 Å². The van der Waals surface area contributed by atoms with Crippen molar-refractivity contribution in [3.63, 3.8) is 0 Å². The topological polar surface area (TPSA) is 56.0 Å². The average Bonchev–Trinajstić information content (AvgIpc) is 2.75. The fourth-order valence-corrected chi connectivity index (χ4v) is 4.28. The zero-order valence-electron chi connectivity index (χ0n) is 12.8. The third kappa shape index (κ3) is 2.53. The van der Waals surface area contributed by atoms with Crippen molar-refractivity contribution in [2.45, 2.75) is 32.1 Å². The second-order valence-corrected chi connectivity index (χ2v) is 7.05. The van der Waals surface area contributed by atoms with Crippen LogP contribution in [0.15, 0.2) is 36.4 Å². The molecule has 0 radical (unpaired) electrons. The predicted molar refractivity (Wildman–Crippen MR) is 95.2 cm³/mol. The second-order valence-electron chi connectivity index (χ2n) is 6.05. The standard InChI is InChI=1S/C19H18N2OS/c20-16-14-11-13-9-5-2-6-10-15(13)21-19(14)23-18(16)17(22)12-7-3-1-4-8-12/h1,3-4,7-8,11H,2,5-6,9-10,20H2. The van der Waals surface area contributed by atoms with Gasteiger partial charge in [0, 0.05) is 16.6 Å². The molecule has 0 spiro atoms. The lowest BCUT2D eigenvalue weighted by atomic mass is 10.1. The number of ketones is 1. The highest BCUT2D eigenvalue weighted by Crippen LogP contribution is 2.36. The maximum absolute atomic E-state index is 12.7. The lowest BCUT2D eigenvalue weighted by Gasteiger charge is -2.04. The van der Waals surface area contributed by atoms with Crippen LogP contribution in [-0.4, -0.2) is 10.8 Å². The van der Waals surface area contributed by atoms with Crippen molar-refractivity contribution in [3.05, 3.63) is 58.1 Å². The molecule has 0 unspecified atom stereocenters. The first-order chi connectivity index (χ1) is 11.2. The van der Waals surface area contributed by atoms with Crippen LogP contribution in [-0.2, 0) is 12.8 Å². The van der Waals surface area contributed by atoms with E-state index >= 15 is 0 Å². The van der Waals surface area contributed by atoms with E-state index in [1.54, 1.807) is 0 Å². The van der Waals surface area contributed by atoms with E-state index in [-0.39, 0.29) is 5.78 Å². The van der Waals surface area contributed by atoms with Crippen LogP contribution in [0.2, 0.25) is 0 Å². The van der Waals surface area contributed by atoms with Gasteiger partial charge in [-0.15, -0.1) is 11.3 Å². The molecule has 1 aromatic carbocycles. The van der Waals surface area contributed by atoms with Gasteiger partial charge < -0.3 is 5.73 Å². The minimum absolute atomic E-state index is 0.0127. The molecule has 0 saturated carbocycles. The van der Waals surface area contributed by atoms with Crippen LogP contribution in [0.3, 0.4) is 0 Å². The predicted octanol–water partition coefficient (Wildman–Crippen LogP) is 4.38. The Morgan fingerprint density at radius 3 is 2.70 bits per heavy atom. The number of thiophene rings is 1. The van der Waals surface area contributed by atoms with Gasteiger partial charge >= 0.3 is 0 Å². The first-order valence-corrected chi connectivity index (χ1v) is 8.86. The molecule has 2 aromatic heterocycles. The third-order valence-corrected chi connectivity index (χ3v) is 5.61. The van der Waals surface area contributed by atoms with E-state index in [4.69, 9.17) is 10.7 Å². The van der Waals surface area contributed by atoms with Crippen molar-refractivity contribution >= 4 is 33.0 Å². The summed E-state index contributed by atoms with van der Waals surface area (Å²) < 4.78 is 0. The SMILES string of the molecule is Nc1c(C(=O)c2ccccc2)sc2nc3c(cc12)CCCCC3. The lowest BCUT2D eigenvalue weighted by molar-refractivity contribution is 0.104. The van der Waals surface area contributed by atoms with Gasteiger partial charge in [0.1, 0.15) is 9.71 Å². The quantitative estimate of drug-likeness (QED) is 0.563. The Kier molecular flexibility index (Phi) is 3.62. The van der Waals surface area contributed by atoms with Crippen LogP contribution in [0, 0.1) is 0 Å². The van der Waals surface area contributed by atoms with Crippen LogP contribution >= 0.6 is 11.3 Å². The van der Waals surface area contributed by atoms with Crippen molar-refractivity contribution in [2.24, 2.45) is 0 Å². The van der Waals surface area contributed by atoms with Crippen LogP contribution in [0.1, 0.15) is 45.8 Å². The molecule has 0 atom stereocenters. The molecule has 1 aliphatic rings. The summed E-state index contributed by atoms with van der Waals surface area (Å²) in [4.78, 5) is 19.0. The minimum atomic E-state index is -0.0127. The smallest absolute Gasteiger partial charge is 0.205 e. The summed E-state index contributed by atoms with van der Waals surface area (Å²) in [5.41, 5.74) is 10.0. The van der Waals surface area contributed by atoms with E-state index in [0.29, 0.717) is 16.1 Å². The molecule has 0 fully saturated rings. The van der Waals surface area contributed by atoms with Gasteiger partial charge in [-0.1, -0.05) is 36.8 Å². The van der Waals surface area contributed by atoms with Crippen molar-refractivity contribution in [2.75, 3.05) is 5.73 Å². The second kappa shape index (κ2) is 5.78. The van der Waals surface area contributed by atoms with Gasteiger partial charge in [-0.05, 0) is 37.3 Å². The Bertz CT molecular complexity index is 883. The van der Waals surface area contributed by atoms with Crippen molar-refractivity contribution in [3.8, 4) is 0 Å². The number of benzene rings is 1. The molecule has 0 saturated heterocycles. The monoisotopic (exact) mass is 322 g/mol. The number of hydrogen-bond donors (Lipinski definition) is 1. The molecule has 3 aromatic rings. The molecular weight excluding hydrogens is 304 g/mol. The number of pyridine rings is 1. The zero-order chi connectivity index (χ0) is 15.8. The van der Waals surface area contributed by atoms with Crippen molar-refractivity contribution < 1.29 is 4.79 Å². The van der Waals surface area contributed by atoms with Gasteiger partial charge in [-0.2, -0.15) is 0 Å². The number of rotatable bonds is 2. The van der Waals surface area contributed by atoms with E-state index in [0.717, 1.165) is 23.1 Å². The van der Waals surface area contributed by atoms with E-state index in [1.165, 1.54) is 41.9 Å². The number of aromatic nitrogens is 1. The molecule has 0 aliphatic heterocycles. The Balaban J connectivity index is 1.83. The molecule has 2 N–H and O–H groups in total. The average molecular weight is 322 g/mol. The molecular formula is C19H18N2OS. The number of nitrogens with two attached hydrogens (primary N) is 1. The highest BCUT2D eigenvalue weighted by atomic mass is 32.1. The molecule has 0 amide bonds. The molecule has 23 heavy (non-hydrogen) atoms. The molecule has 116 valence electrons. The van der Waals surface area contributed by atoms with Crippen LogP contribution in [0.25, 0.3) is 10.2 Å². The third-order valence-electron chi connectivity index (χ3n) is 4.49. The highest BCUT2D eigenvalue weighted by molar-refractivity contribution is 7.21. The van der Waals surface area contributed by atoms with Gasteiger partial charge in [0.05, 0.1) is 5.69 Å². The van der Waals surface area contributed by atoms with E-state index in [1.807, 2.05) is 30.3 Å². The molecule has 1 aliphatic carbocycles. The Morgan fingerprint density at radius 1 is 1.09 bits per heavy atom. The van der Waals surface area contributed by atoms with E-state index in [9.17, 15) is 4.79 Å². The minimum Gasteiger partial charge on any atom is -0.397 e. The zero-order valence-corrected chi connectivity index (χ0v) is 13.7. The van der Waals surface area contributed by atoms with Crippen LogP contribution in [0.5, 0.6) is 0 Å². The maximum Gasteiger partial charge on any atom is 0.205 e.